The summed E-state index contributed by atoms with van der Waals surface area (Å²) < 4.78 is 12.5. The third-order valence-electron chi connectivity index (χ3n) is 1.90. The van der Waals surface area contributed by atoms with E-state index in [1.54, 1.807) is 19.1 Å². The molecule has 0 saturated heterocycles. The molecule has 0 amide bonds. The van der Waals surface area contributed by atoms with E-state index in [4.69, 9.17) is 5.11 Å². The molecule has 0 spiro atoms. The zero-order chi connectivity index (χ0) is 10.6. The Morgan fingerprint density at radius 2 is 2.07 bits per heavy atom. The quantitative estimate of drug-likeness (QED) is 0.766. The number of hydrogen-bond donors (Lipinski definition) is 2. The maximum atomic E-state index is 12.5. The van der Waals surface area contributed by atoms with Crippen molar-refractivity contribution in [1.82, 2.24) is 5.32 Å². The maximum Gasteiger partial charge on any atom is 0.320 e. The van der Waals surface area contributed by atoms with Gasteiger partial charge in [0.2, 0.25) is 0 Å². The van der Waals surface area contributed by atoms with Gasteiger partial charge in [0, 0.05) is 6.54 Å². The largest absolute Gasteiger partial charge is 0.480 e. The monoisotopic (exact) mass is 197 g/mol. The summed E-state index contributed by atoms with van der Waals surface area (Å²) in [5, 5.41) is 11.4. The van der Waals surface area contributed by atoms with E-state index < -0.39 is 12.0 Å². The first kappa shape index (κ1) is 10.7. The van der Waals surface area contributed by atoms with Gasteiger partial charge in [0.1, 0.15) is 11.9 Å². The highest BCUT2D eigenvalue weighted by molar-refractivity contribution is 5.72. The van der Waals surface area contributed by atoms with Crippen LogP contribution in [0, 0.1) is 5.82 Å². The molecule has 1 aromatic rings. The summed E-state index contributed by atoms with van der Waals surface area (Å²) in [6, 6.07) is 5.35. The normalized spacial score (nSPS) is 12.4. The van der Waals surface area contributed by atoms with Gasteiger partial charge in [-0.15, -0.1) is 0 Å². The van der Waals surface area contributed by atoms with Crippen LogP contribution < -0.4 is 5.32 Å². The van der Waals surface area contributed by atoms with Gasteiger partial charge < -0.3 is 10.4 Å². The van der Waals surface area contributed by atoms with Crippen LogP contribution in [0.5, 0.6) is 0 Å². The molecule has 1 rings (SSSR count). The number of aliphatic carboxylic acids is 1. The molecule has 76 valence electrons. The molecule has 4 heteroatoms. The van der Waals surface area contributed by atoms with Crippen LogP contribution in [0.15, 0.2) is 24.3 Å². The van der Waals surface area contributed by atoms with Crippen LogP contribution in [0.25, 0.3) is 0 Å². The average molecular weight is 197 g/mol. The summed E-state index contributed by atoms with van der Waals surface area (Å²) in [4.78, 5) is 10.5. The highest BCUT2D eigenvalue weighted by Crippen LogP contribution is 2.02. The molecule has 0 aliphatic rings. The lowest BCUT2D eigenvalue weighted by Crippen LogP contribution is -2.33. The van der Waals surface area contributed by atoms with Crippen LogP contribution in [0.1, 0.15) is 12.5 Å². The highest BCUT2D eigenvalue weighted by atomic mass is 19.1. The lowest BCUT2D eigenvalue weighted by Gasteiger charge is -2.08. The zero-order valence-corrected chi connectivity index (χ0v) is 7.83. The average Bonchev–Trinajstić information content (AvgIpc) is 2.16. The van der Waals surface area contributed by atoms with Crippen LogP contribution in [0.3, 0.4) is 0 Å². The van der Waals surface area contributed by atoms with Gasteiger partial charge in [-0.3, -0.25) is 4.79 Å². The van der Waals surface area contributed by atoms with E-state index in [1.165, 1.54) is 12.1 Å². The first-order chi connectivity index (χ1) is 6.59. The van der Waals surface area contributed by atoms with Crippen LogP contribution in [0.2, 0.25) is 0 Å². The summed E-state index contributed by atoms with van der Waals surface area (Å²) in [7, 11) is 0. The molecule has 0 aliphatic carbocycles. The molecule has 3 nitrogen and oxygen atoms in total. The van der Waals surface area contributed by atoms with Gasteiger partial charge in [0.15, 0.2) is 0 Å². The van der Waals surface area contributed by atoms with Crippen molar-refractivity contribution in [2.75, 3.05) is 0 Å². The van der Waals surface area contributed by atoms with Gasteiger partial charge in [-0.05, 0) is 24.6 Å². The van der Waals surface area contributed by atoms with Crippen molar-refractivity contribution in [1.29, 1.82) is 0 Å². The van der Waals surface area contributed by atoms with Gasteiger partial charge >= 0.3 is 5.97 Å². The third-order valence-corrected chi connectivity index (χ3v) is 1.90. The minimum Gasteiger partial charge on any atom is -0.480 e. The van der Waals surface area contributed by atoms with E-state index in [1.807, 2.05) is 0 Å². The topological polar surface area (TPSA) is 49.3 Å². The smallest absolute Gasteiger partial charge is 0.320 e. The fourth-order valence-electron chi connectivity index (χ4n) is 0.961. The summed E-state index contributed by atoms with van der Waals surface area (Å²) in [6.07, 6.45) is 0. The fraction of sp³-hybridized carbons (Fsp3) is 0.300. The molecule has 0 saturated carbocycles. The molecule has 0 fully saturated rings. The van der Waals surface area contributed by atoms with E-state index in [-0.39, 0.29) is 5.82 Å². The lowest BCUT2D eigenvalue weighted by atomic mass is 10.2. The van der Waals surface area contributed by atoms with E-state index >= 15 is 0 Å². The van der Waals surface area contributed by atoms with Crippen LogP contribution in [-0.2, 0) is 11.3 Å². The Balaban J connectivity index is 2.46. The fourth-order valence-corrected chi connectivity index (χ4v) is 0.961. The number of carbonyl (C=O) groups is 1. The number of rotatable bonds is 4. The lowest BCUT2D eigenvalue weighted by molar-refractivity contribution is -0.139. The summed E-state index contributed by atoms with van der Waals surface area (Å²) in [6.45, 7) is 1.99. The zero-order valence-electron chi connectivity index (χ0n) is 7.83. The third kappa shape index (κ3) is 3.14. The van der Waals surface area contributed by atoms with Gasteiger partial charge in [0.05, 0.1) is 0 Å². The van der Waals surface area contributed by atoms with Gasteiger partial charge in [-0.25, -0.2) is 4.39 Å². The second-order valence-electron chi connectivity index (χ2n) is 3.07. The predicted molar refractivity (Wildman–Crippen MR) is 50.3 cm³/mol. The minimum absolute atomic E-state index is 0.292. The molecular formula is C10H12FNO2. The Morgan fingerprint density at radius 1 is 1.50 bits per heavy atom. The Morgan fingerprint density at radius 3 is 2.57 bits per heavy atom. The SMILES string of the molecule is C[C@H](NCc1ccc(F)cc1)C(=O)O. The first-order valence-corrected chi connectivity index (χ1v) is 4.30. The van der Waals surface area contributed by atoms with Crippen molar-refractivity contribution in [3.8, 4) is 0 Å². The Hall–Kier alpha value is -1.42. The standard InChI is InChI=1S/C10H12FNO2/c1-7(10(13)14)12-6-8-2-4-9(11)5-3-8/h2-5,7,12H,6H2,1H3,(H,13,14)/t7-/m0/s1. The van der Waals surface area contributed by atoms with Crippen molar-refractivity contribution in [3.63, 3.8) is 0 Å². The number of hydrogen-bond acceptors (Lipinski definition) is 2. The van der Waals surface area contributed by atoms with Crippen molar-refractivity contribution >= 4 is 5.97 Å². The number of nitrogens with one attached hydrogen (secondary N) is 1. The van der Waals surface area contributed by atoms with Gasteiger partial charge in [0.25, 0.3) is 0 Å². The Bertz CT molecular complexity index is 310. The predicted octanol–water partition coefficient (Wildman–Crippen LogP) is 1.39. The molecule has 0 aliphatic heterocycles. The Kier molecular flexibility index (Phi) is 3.59. The summed E-state index contributed by atoms with van der Waals surface area (Å²) in [5.74, 6) is -1.19. The number of carboxylic acids is 1. The number of halogens is 1. The molecule has 0 heterocycles. The first-order valence-electron chi connectivity index (χ1n) is 4.30. The second kappa shape index (κ2) is 4.72. The molecule has 2 N–H and O–H groups in total. The number of benzene rings is 1. The van der Waals surface area contributed by atoms with Crippen LogP contribution in [0.4, 0.5) is 4.39 Å². The maximum absolute atomic E-state index is 12.5. The molecule has 0 unspecified atom stereocenters. The highest BCUT2D eigenvalue weighted by Gasteiger charge is 2.08. The van der Waals surface area contributed by atoms with Crippen molar-refractivity contribution < 1.29 is 14.3 Å². The molecule has 0 radical (unpaired) electrons. The number of carboxylic acid groups (broad SMARTS) is 1. The van der Waals surface area contributed by atoms with Crippen molar-refractivity contribution in [2.45, 2.75) is 19.5 Å². The van der Waals surface area contributed by atoms with Crippen molar-refractivity contribution in [3.05, 3.63) is 35.6 Å². The summed E-state index contributed by atoms with van der Waals surface area (Å²) in [5.41, 5.74) is 0.861. The molecule has 1 atom stereocenters. The molecular weight excluding hydrogens is 185 g/mol. The van der Waals surface area contributed by atoms with E-state index in [0.717, 1.165) is 5.56 Å². The molecule has 1 aromatic carbocycles. The van der Waals surface area contributed by atoms with Crippen LogP contribution in [-0.4, -0.2) is 17.1 Å². The molecule has 14 heavy (non-hydrogen) atoms. The van der Waals surface area contributed by atoms with E-state index in [9.17, 15) is 9.18 Å². The van der Waals surface area contributed by atoms with E-state index in [0.29, 0.717) is 6.54 Å². The summed E-state index contributed by atoms with van der Waals surface area (Å²) >= 11 is 0. The van der Waals surface area contributed by atoms with Crippen LogP contribution >= 0.6 is 0 Å². The molecule has 0 aromatic heterocycles. The van der Waals surface area contributed by atoms with Gasteiger partial charge in [-0.1, -0.05) is 12.1 Å². The van der Waals surface area contributed by atoms with E-state index in [2.05, 4.69) is 5.32 Å². The van der Waals surface area contributed by atoms with Gasteiger partial charge in [-0.2, -0.15) is 0 Å². The second-order valence-corrected chi connectivity index (χ2v) is 3.07. The Labute approximate surface area is 81.6 Å². The van der Waals surface area contributed by atoms with Crippen molar-refractivity contribution in [2.24, 2.45) is 0 Å². The molecule has 0 bridgehead atoms. The minimum atomic E-state index is -0.896.